The molecule has 0 aliphatic carbocycles. The predicted molar refractivity (Wildman–Crippen MR) is 116 cm³/mol. The lowest BCUT2D eigenvalue weighted by atomic mass is 10.2. The molecule has 0 N–H and O–H groups in total. The zero-order valence-electron chi connectivity index (χ0n) is 16.0. The first kappa shape index (κ1) is 22.5. The maximum absolute atomic E-state index is 11.8. The molecule has 0 radical (unpaired) electrons. The van der Waals surface area contributed by atoms with Crippen molar-refractivity contribution in [1.29, 1.82) is 0 Å². The largest absolute Gasteiger partial charge is 0.299 e. The lowest BCUT2D eigenvalue weighted by Gasteiger charge is -2.14. The van der Waals surface area contributed by atoms with E-state index in [2.05, 4.69) is 10.2 Å². The molecule has 158 valence electrons. The van der Waals surface area contributed by atoms with Gasteiger partial charge in [0.25, 0.3) is 5.69 Å². The summed E-state index contributed by atoms with van der Waals surface area (Å²) in [5.41, 5.74) is 0.295. The molecule has 0 aliphatic rings. The van der Waals surface area contributed by atoms with E-state index in [1.54, 1.807) is 22.8 Å². The Morgan fingerprint density at radius 1 is 1.13 bits per heavy atom. The molecule has 0 aliphatic heterocycles. The molecule has 8 nitrogen and oxygen atoms in total. The van der Waals surface area contributed by atoms with E-state index in [1.807, 2.05) is 13.8 Å². The molecule has 1 heterocycles. The highest BCUT2D eigenvalue weighted by Gasteiger charge is 2.24. The van der Waals surface area contributed by atoms with Gasteiger partial charge in [0.2, 0.25) is 0 Å². The van der Waals surface area contributed by atoms with Crippen LogP contribution in [0, 0.1) is 10.1 Å². The summed E-state index contributed by atoms with van der Waals surface area (Å²) >= 11 is 13.3. The fourth-order valence-corrected chi connectivity index (χ4v) is 4.90. The summed E-state index contributed by atoms with van der Waals surface area (Å²) in [6, 6.07) is 8.70. The molecule has 0 saturated carbocycles. The van der Waals surface area contributed by atoms with Gasteiger partial charge in [0.1, 0.15) is 0 Å². The lowest BCUT2D eigenvalue weighted by Crippen LogP contribution is -2.05. The molecular formula is C18H16Cl2N4O4S2. The fourth-order valence-electron chi connectivity index (χ4n) is 2.72. The minimum Gasteiger partial charge on any atom is -0.299 e. The van der Waals surface area contributed by atoms with E-state index in [0.717, 1.165) is 24.1 Å². The topological polar surface area (TPSA) is 108 Å². The number of nitrogens with zero attached hydrogens (tertiary/aromatic N) is 4. The van der Waals surface area contributed by atoms with Crippen molar-refractivity contribution in [2.75, 3.05) is 6.26 Å². The lowest BCUT2D eigenvalue weighted by molar-refractivity contribution is -0.388. The van der Waals surface area contributed by atoms with Gasteiger partial charge in [-0.1, -0.05) is 23.2 Å². The monoisotopic (exact) mass is 486 g/mol. The van der Waals surface area contributed by atoms with E-state index in [4.69, 9.17) is 23.2 Å². The average Bonchev–Trinajstić information content (AvgIpc) is 3.04. The molecule has 3 rings (SSSR count). The molecule has 12 heteroatoms. The van der Waals surface area contributed by atoms with E-state index in [0.29, 0.717) is 26.6 Å². The van der Waals surface area contributed by atoms with Crippen LogP contribution in [-0.4, -0.2) is 34.4 Å². The van der Waals surface area contributed by atoms with Crippen LogP contribution in [0.2, 0.25) is 10.0 Å². The van der Waals surface area contributed by atoms with E-state index in [9.17, 15) is 18.5 Å². The maximum Gasteiger partial charge on any atom is 0.284 e. The van der Waals surface area contributed by atoms with Gasteiger partial charge in [0.15, 0.2) is 20.8 Å². The number of halogens is 2. The third-order valence-electron chi connectivity index (χ3n) is 4.11. The quantitative estimate of drug-likeness (QED) is 0.343. The third-order valence-corrected chi connectivity index (χ3v) is 6.79. The van der Waals surface area contributed by atoms with Gasteiger partial charge < -0.3 is 0 Å². The Morgan fingerprint density at radius 2 is 1.83 bits per heavy atom. The van der Waals surface area contributed by atoms with Crippen molar-refractivity contribution in [3.63, 3.8) is 0 Å². The molecule has 1 aromatic heterocycles. The van der Waals surface area contributed by atoms with Gasteiger partial charge in [0.05, 0.1) is 19.7 Å². The second-order valence-electron chi connectivity index (χ2n) is 6.65. The number of rotatable bonds is 6. The molecule has 0 atom stereocenters. The number of sulfone groups is 1. The van der Waals surface area contributed by atoms with Crippen molar-refractivity contribution >= 4 is 50.5 Å². The molecule has 0 bridgehead atoms. The van der Waals surface area contributed by atoms with Crippen LogP contribution in [0.3, 0.4) is 0 Å². The van der Waals surface area contributed by atoms with E-state index >= 15 is 0 Å². The van der Waals surface area contributed by atoms with Crippen LogP contribution in [0.5, 0.6) is 0 Å². The first-order valence-electron chi connectivity index (χ1n) is 8.55. The van der Waals surface area contributed by atoms with Crippen LogP contribution < -0.4 is 0 Å². The van der Waals surface area contributed by atoms with Gasteiger partial charge >= 0.3 is 0 Å². The molecule has 0 unspecified atom stereocenters. The van der Waals surface area contributed by atoms with Crippen molar-refractivity contribution < 1.29 is 13.3 Å². The van der Waals surface area contributed by atoms with Crippen molar-refractivity contribution in [2.24, 2.45) is 0 Å². The van der Waals surface area contributed by atoms with E-state index < -0.39 is 14.8 Å². The Kier molecular flexibility index (Phi) is 6.42. The van der Waals surface area contributed by atoms with Crippen molar-refractivity contribution in [1.82, 2.24) is 14.8 Å². The number of hydrogen-bond donors (Lipinski definition) is 0. The van der Waals surface area contributed by atoms with Crippen molar-refractivity contribution in [3.05, 3.63) is 56.6 Å². The zero-order valence-corrected chi connectivity index (χ0v) is 19.2. The normalized spacial score (nSPS) is 11.8. The summed E-state index contributed by atoms with van der Waals surface area (Å²) in [6.45, 7) is 3.84. The zero-order chi connectivity index (χ0) is 22.2. The van der Waals surface area contributed by atoms with Gasteiger partial charge in [-0.3, -0.25) is 14.7 Å². The Morgan fingerprint density at radius 3 is 2.40 bits per heavy atom. The fraction of sp³-hybridized carbons (Fsp3) is 0.222. The Labute approximate surface area is 187 Å². The number of nitro benzene ring substituents is 1. The number of hydrogen-bond acceptors (Lipinski definition) is 7. The molecular weight excluding hydrogens is 471 g/mol. The highest BCUT2D eigenvalue weighted by atomic mass is 35.5. The molecule has 0 amide bonds. The van der Waals surface area contributed by atoms with E-state index in [1.165, 1.54) is 12.1 Å². The first-order valence-corrected chi connectivity index (χ1v) is 12.0. The Balaban J connectivity index is 2.10. The van der Waals surface area contributed by atoms with Crippen molar-refractivity contribution in [2.45, 2.75) is 34.8 Å². The van der Waals surface area contributed by atoms with Crippen LogP contribution in [0.25, 0.3) is 11.4 Å². The average molecular weight is 487 g/mol. The van der Waals surface area contributed by atoms with Gasteiger partial charge in [-0.2, -0.15) is 0 Å². The number of aromatic nitrogens is 3. The van der Waals surface area contributed by atoms with Crippen LogP contribution in [-0.2, 0) is 9.84 Å². The minimum atomic E-state index is -3.58. The molecule has 0 spiro atoms. The Hall–Kier alpha value is -2.14. The molecule has 0 fully saturated rings. The smallest absolute Gasteiger partial charge is 0.284 e. The van der Waals surface area contributed by atoms with Crippen LogP contribution in [0.15, 0.2) is 51.3 Å². The summed E-state index contributed by atoms with van der Waals surface area (Å²) in [6.07, 6.45) is 0.996. The van der Waals surface area contributed by atoms with Gasteiger partial charge in [-0.25, -0.2) is 8.42 Å². The number of nitro groups is 1. The predicted octanol–water partition coefficient (Wildman–Crippen LogP) is 5.30. The van der Waals surface area contributed by atoms with Gasteiger partial charge in [0, 0.05) is 29.0 Å². The summed E-state index contributed by atoms with van der Waals surface area (Å²) in [5.74, 6) is 0.490. The maximum atomic E-state index is 11.8. The summed E-state index contributed by atoms with van der Waals surface area (Å²) in [7, 11) is -3.58. The second-order valence-corrected chi connectivity index (χ2v) is 10.5. The summed E-state index contributed by atoms with van der Waals surface area (Å²) in [5, 5.41) is 21.2. The highest BCUT2D eigenvalue weighted by Crippen LogP contribution is 2.39. The van der Waals surface area contributed by atoms with E-state index in [-0.39, 0.29) is 21.5 Å². The van der Waals surface area contributed by atoms with Crippen LogP contribution >= 0.6 is 35.0 Å². The first-order chi connectivity index (χ1) is 14.0. The molecule has 30 heavy (non-hydrogen) atoms. The molecule has 0 saturated heterocycles. The van der Waals surface area contributed by atoms with Gasteiger partial charge in [-0.15, -0.1) is 10.2 Å². The number of benzene rings is 2. The SMILES string of the molecule is CC(C)n1c(Sc2ccc(S(C)(=O)=O)cc2[N+](=O)[O-])nnc1-c1ccc(Cl)cc1Cl. The summed E-state index contributed by atoms with van der Waals surface area (Å²) < 4.78 is 25.3. The molecule has 2 aromatic carbocycles. The van der Waals surface area contributed by atoms with Crippen LogP contribution in [0.1, 0.15) is 19.9 Å². The standard InChI is InChI=1S/C18H16Cl2N4O4S2/c1-10(2)23-17(13-6-4-11(19)8-14(13)20)21-22-18(23)29-16-7-5-12(30(3,27)28)9-15(16)24(25)26/h4-10H,1-3H3. The Bertz CT molecular complexity index is 1240. The third kappa shape index (κ3) is 4.61. The highest BCUT2D eigenvalue weighted by molar-refractivity contribution is 7.99. The van der Waals surface area contributed by atoms with Crippen LogP contribution in [0.4, 0.5) is 5.69 Å². The summed E-state index contributed by atoms with van der Waals surface area (Å²) in [4.78, 5) is 11.0. The second kappa shape index (κ2) is 8.54. The van der Waals surface area contributed by atoms with Crippen molar-refractivity contribution in [3.8, 4) is 11.4 Å². The van der Waals surface area contributed by atoms with Gasteiger partial charge in [-0.05, 0) is 55.9 Å². The minimum absolute atomic E-state index is 0.0846. The molecule has 3 aromatic rings.